The zero-order valence-corrected chi connectivity index (χ0v) is 18.4. The monoisotopic (exact) mass is 453 g/mol. The van der Waals surface area contributed by atoms with Crippen LogP contribution in [0.1, 0.15) is 15.9 Å². The van der Waals surface area contributed by atoms with Crippen molar-refractivity contribution in [2.45, 2.75) is 11.8 Å². The van der Waals surface area contributed by atoms with Crippen LogP contribution in [0.3, 0.4) is 0 Å². The molecule has 0 unspecified atom stereocenters. The summed E-state index contributed by atoms with van der Waals surface area (Å²) in [5.74, 6) is -0.812. The van der Waals surface area contributed by atoms with Gasteiger partial charge in [0.25, 0.3) is 10.0 Å². The van der Waals surface area contributed by atoms with E-state index in [2.05, 4.69) is 0 Å². The van der Waals surface area contributed by atoms with Gasteiger partial charge in [0.2, 0.25) is 0 Å². The van der Waals surface area contributed by atoms with Crippen molar-refractivity contribution in [1.82, 2.24) is 0 Å². The van der Waals surface area contributed by atoms with Gasteiger partial charge in [-0.15, -0.1) is 0 Å². The lowest BCUT2D eigenvalue weighted by Gasteiger charge is -2.21. The molecular weight excluding hydrogens is 433 g/mol. The van der Waals surface area contributed by atoms with Crippen LogP contribution in [0, 0.1) is 12.7 Å². The van der Waals surface area contributed by atoms with Crippen molar-refractivity contribution in [1.29, 1.82) is 0 Å². The molecule has 0 fully saturated rings. The number of anilines is 1. The minimum atomic E-state index is -3.81. The van der Waals surface area contributed by atoms with Crippen LogP contribution in [0.25, 0.3) is 22.3 Å². The molecule has 0 saturated carbocycles. The van der Waals surface area contributed by atoms with Crippen LogP contribution in [0.15, 0.2) is 76.0 Å². The van der Waals surface area contributed by atoms with Gasteiger partial charge in [0.15, 0.2) is 0 Å². The number of benzene rings is 3. The number of sulfonamides is 1. The number of rotatable bonds is 5. The summed E-state index contributed by atoms with van der Waals surface area (Å²) in [6.45, 7) is 1.75. The topological polar surface area (TPSA) is 76.8 Å². The number of hydrogen-bond donors (Lipinski definition) is 0. The van der Waals surface area contributed by atoms with Crippen LogP contribution in [0.2, 0.25) is 0 Å². The molecule has 0 N–H and O–H groups in total. The van der Waals surface area contributed by atoms with E-state index in [4.69, 9.17) is 9.15 Å². The number of esters is 1. The van der Waals surface area contributed by atoms with Gasteiger partial charge < -0.3 is 9.15 Å². The van der Waals surface area contributed by atoms with Crippen molar-refractivity contribution in [2.24, 2.45) is 0 Å². The first kappa shape index (κ1) is 21.6. The summed E-state index contributed by atoms with van der Waals surface area (Å²) in [6, 6.07) is 16.9. The average molecular weight is 453 g/mol. The van der Waals surface area contributed by atoms with Crippen LogP contribution in [0.4, 0.5) is 10.1 Å². The normalized spacial score (nSPS) is 11.5. The first-order chi connectivity index (χ1) is 15.2. The highest BCUT2D eigenvalue weighted by Crippen LogP contribution is 2.38. The Bertz CT molecular complexity index is 1410. The Hall–Kier alpha value is -3.65. The number of halogens is 1. The molecule has 0 saturated heterocycles. The van der Waals surface area contributed by atoms with Crippen LogP contribution in [-0.2, 0) is 14.8 Å². The van der Waals surface area contributed by atoms with E-state index in [0.717, 1.165) is 0 Å². The first-order valence-corrected chi connectivity index (χ1v) is 11.1. The number of furan rings is 1. The van der Waals surface area contributed by atoms with Crippen molar-refractivity contribution in [3.63, 3.8) is 0 Å². The number of nitrogens with zero attached hydrogens (tertiary/aromatic N) is 1. The molecule has 0 aliphatic heterocycles. The summed E-state index contributed by atoms with van der Waals surface area (Å²) in [4.78, 5) is 12.7. The third-order valence-corrected chi connectivity index (χ3v) is 7.03. The fourth-order valence-corrected chi connectivity index (χ4v) is 4.84. The Balaban J connectivity index is 1.90. The molecule has 4 aromatic rings. The Morgan fingerprint density at radius 3 is 2.31 bits per heavy atom. The van der Waals surface area contributed by atoms with E-state index in [9.17, 15) is 17.6 Å². The molecule has 32 heavy (non-hydrogen) atoms. The van der Waals surface area contributed by atoms with Gasteiger partial charge in [-0.25, -0.2) is 17.6 Å². The molecular formula is C24H20FNO5S. The molecule has 0 bridgehead atoms. The quantitative estimate of drug-likeness (QED) is 0.390. The largest absolute Gasteiger partial charge is 0.465 e. The molecule has 1 aromatic heterocycles. The minimum Gasteiger partial charge on any atom is -0.465 e. The summed E-state index contributed by atoms with van der Waals surface area (Å²) in [7, 11) is -1.09. The van der Waals surface area contributed by atoms with E-state index in [1.807, 2.05) is 0 Å². The van der Waals surface area contributed by atoms with Crippen LogP contribution >= 0.6 is 0 Å². The first-order valence-electron chi connectivity index (χ1n) is 9.69. The van der Waals surface area contributed by atoms with E-state index < -0.39 is 21.8 Å². The summed E-state index contributed by atoms with van der Waals surface area (Å²) in [5.41, 5.74) is 2.01. The zero-order chi connectivity index (χ0) is 23.0. The molecule has 0 radical (unpaired) electrons. The van der Waals surface area contributed by atoms with Crippen molar-refractivity contribution in [2.75, 3.05) is 18.5 Å². The molecule has 0 atom stereocenters. The van der Waals surface area contributed by atoms with Gasteiger partial charge in [-0.3, -0.25) is 4.31 Å². The maximum Gasteiger partial charge on any atom is 0.342 e. The van der Waals surface area contributed by atoms with E-state index in [1.54, 1.807) is 37.3 Å². The molecule has 4 rings (SSSR count). The number of methoxy groups -OCH3 is 1. The summed E-state index contributed by atoms with van der Waals surface area (Å²) < 4.78 is 51.6. The van der Waals surface area contributed by atoms with Crippen molar-refractivity contribution in [3.05, 3.63) is 83.7 Å². The average Bonchev–Trinajstić information content (AvgIpc) is 3.16. The van der Waals surface area contributed by atoms with Crippen LogP contribution in [-0.4, -0.2) is 28.5 Å². The number of fused-ring (bicyclic) bond motifs is 1. The van der Waals surface area contributed by atoms with Gasteiger partial charge in [-0.2, -0.15) is 0 Å². The summed E-state index contributed by atoms with van der Waals surface area (Å²) in [5, 5.41) is 0.475. The second-order valence-electron chi connectivity index (χ2n) is 7.23. The third-order valence-electron chi connectivity index (χ3n) is 5.24. The fourth-order valence-electron chi connectivity index (χ4n) is 3.57. The SMILES string of the molecule is COC(=O)c1c(-c2ccc(F)cc2)oc2cc(N(C)S(=O)(=O)c3ccccc3)c(C)cc12. The van der Waals surface area contributed by atoms with E-state index in [0.29, 0.717) is 27.8 Å². The lowest BCUT2D eigenvalue weighted by atomic mass is 10.0. The second-order valence-corrected chi connectivity index (χ2v) is 9.19. The highest BCUT2D eigenvalue weighted by Gasteiger charge is 2.27. The lowest BCUT2D eigenvalue weighted by molar-refractivity contribution is 0.0603. The number of carbonyl (C=O) groups is 1. The van der Waals surface area contributed by atoms with Gasteiger partial charge >= 0.3 is 5.97 Å². The molecule has 0 spiro atoms. The minimum absolute atomic E-state index is 0.156. The van der Waals surface area contributed by atoms with Gasteiger partial charge in [-0.1, -0.05) is 18.2 Å². The fraction of sp³-hybridized carbons (Fsp3) is 0.125. The molecule has 8 heteroatoms. The maximum absolute atomic E-state index is 13.4. The Labute approximate surface area is 184 Å². The van der Waals surface area contributed by atoms with Gasteiger partial charge in [-0.05, 0) is 55.0 Å². The molecule has 0 aliphatic carbocycles. The molecule has 0 aliphatic rings. The number of carbonyl (C=O) groups excluding carboxylic acids is 1. The predicted molar refractivity (Wildman–Crippen MR) is 120 cm³/mol. The van der Waals surface area contributed by atoms with E-state index >= 15 is 0 Å². The van der Waals surface area contributed by atoms with E-state index in [1.165, 1.54) is 54.9 Å². The molecule has 6 nitrogen and oxygen atoms in total. The lowest BCUT2D eigenvalue weighted by Crippen LogP contribution is -2.27. The smallest absolute Gasteiger partial charge is 0.342 e. The summed E-state index contributed by atoms with van der Waals surface area (Å²) in [6.07, 6.45) is 0. The number of hydrogen-bond acceptors (Lipinski definition) is 5. The van der Waals surface area contributed by atoms with Gasteiger partial charge in [0, 0.05) is 24.1 Å². The van der Waals surface area contributed by atoms with Crippen molar-refractivity contribution >= 4 is 32.6 Å². The van der Waals surface area contributed by atoms with Gasteiger partial charge in [0.05, 0.1) is 17.7 Å². The van der Waals surface area contributed by atoms with Crippen molar-refractivity contribution < 1.29 is 26.8 Å². The highest BCUT2D eigenvalue weighted by atomic mass is 32.2. The summed E-state index contributed by atoms with van der Waals surface area (Å²) >= 11 is 0. The molecule has 164 valence electrons. The highest BCUT2D eigenvalue weighted by molar-refractivity contribution is 7.92. The molecule has 3 aromatic carbocycles. The zero-order valence-electron chi connectivity index (χ0n) is 17.6. The number of aryl methyl sites for hydroxylation is 1. The van der Waals surface area contributed by atoms with Crippen molar-refractivity contribution in [3.8, 4) is 11.3 Å². The van der Waals surface area contributed by atoms with Crippen LogP contribution < -0.4 is 4.31 Å². The maximum atomic E-state index is 13.4. The second kappa shape index (κ2) is 8.12. The molecule has 0 amide bonds. The number of ether oxygens (including phenoxy) is 1. The van der Waals surface area contributed by atoms with E-state index in [-0.39, 0.29) is 16.2 Å². The Morgan fingerprint density at radius 2 is 1.69 bits per heavy atom. The van der Waals surface area contributed by atoms with Crippen LogP contribution in [0.5, 0.6) is 0 Å². The third kappa shape index (κ3) is 3.62. The van der Waals surface area contributed by atoms with Gasteiger partial charge in [0.1, 0.15) is 22.7 Å². The Morgan fingerprint density at radius 1 is 1.03 bits per heavy atom. The Kier molecular flexibility index (Phi) is 5.48. The standard InChI is InChI=1S/C24H20FNO5S/c1-15-13-19-21(14-20(15)26(2)32(28,29)18-7-5-4-6-8-18)31-23(22(19)24(27)30-3)16-9-11-17(25)12-10-16/h4-14H,1-3H3. The predicted octanol–water partition coefficient (Wildman–Crippen LogP) is 5.16. The molecule has 1 heterocycles.